The van der Waals surface area contributed by atoms with Crippen LogP contribution in [0.3, 0.4) is 0 Å². The Bertz CT molecular complexity index is 798. The third-order valence-corrected chi connectivity index (χ3v) is 7.65. The molecule has 0 aromatic heterocycles. The van der Waals surface area contributed by atoms with Crippen LogP contribution < -0.4 is 0 Å². The molecule has 4 rings (SSSR count). The highest BCUT2D eigenvalue weighted by molar-refractivity contribution is 6.01. The van der Waals surface area contributed by atoms with Crippen LogP contribution in [0.2, 0.25) is 0 Å². The van der Waals surface area contributed by atoms with Crippen LogP contribution in [0.25, 0.3) is 0 Å². The molecule has 1 N–H and O–H groups in total. The molecule has 0 radical (unpaired) electrons. The first kappa shape index (κ1) is 16.7. The van der Waals surface area contributed by atoms with Gasteiger partial charge in [-0.3, -0.25) is 9.59 Å². The summed E-state index contributed by atoms with van der Waals surface area (Å²) in [4.78, 5) is 24.1. The zero-order chi connectivity index (χ0) is 18.2. The molecule has 3 heteroatoms. The fraction of sp³-hybridized carbons (Fsp3) is 0.545. The number of fused-ring (bicyclic) bond motifs is 5. The van der Waals surface area contributed by atoms with Gasteiger partial charge in [-0.2, -0.15) is 0 Å². The molecule has 0 spiro atoms. The minimum Gasteiger partial charge on any atom is -0.377 e. The Morgan fingerprint density at radius 2 is 2.08 bits per heavy atom. The van der Waals surface area contributed by atoms with Crippen molar-refractivity contribution in [3.05, 3.63) is 47.6 Å². The van der Waals surface area contributed by atoms with Gasteiger partial charge >= 0.3 is 0 Å². The second-order valence-electron chi connectivity index (χ2n) is 8.71. The number of hydrogen-bond acceptors (Lipinski definition) is 3. The lowest BCUT2D eigenvalue weighted by Crippen LogP contribution is -2.54. The zero-order valence-electron chi connectivity index (χ0n) is 15.3. The highest BCUT2D eigenvalue weighted by Crippen LogP contribution is 2.66. The van der Waals surface area contributed by atoms with E-state index in [-0.39, 0.29) is 22.9 Å². The molecule has 2 fully saturated rings. The number of hydrogen-bond donors (Lipinski definition) is 1. The van der Waals surface area contributed by atoms with Crippen molar-refractivity contribution in [2.75, 3.05) is 0 Å². The summed E-state index contributed by atoms with van der Waals surface area (Å²) in [7, 11) is 0. The number of rotatable bonds is 1. The predicted molar refractivity (Wildman–Crippen MR) is 96.7 cm³/mol. The number of ketones is 2. The second kappa shape index (κ2) is 4.91. The number of allylic oxidation sites excluding steroid dienone is 6. The molecule has 3 nitrogen and oxygen atoms in total. The second-order valence-corrected chi connectivity index (χ2v) is 8.71. The van der Waals surface area contributed by atoms with Crippen molar-refractivity contribution in [2.24, 2.45) is 22.7 Å². The molecule has 4 aliphatic rings. The molecule has 25 heavy (non-hydrogen) atoms. The molecule has 0 bridgehead atoms. The minimum atomic E-state index is -1.42. The van der Waals surface area contributed by atoms with Crippen molar-refractivity contribution < 1.29 is 14.7 Å². The topological polar surface area (TPSA) is 54.4 Å². The van der Waals surface area contributed by atoms with Gasteiger partial charge in [-0.25, -0.2) is 0 Å². The van der Waals surface area contributed by atoms with Crippen molar-refractivity contribution in [3.63, 3.8) is 0 Å². The Morgan fingerprint density at radius 3 is 2.76 bits per heavy atom. The van der Waals surface area contributed by atoms with Crippen LogP contribution in [0.5, 0.6) is 0 Å². The van der Waals surface area contributed by atoms with E-state index in [1.165, 1.54) is 18.1 Å². The number of carbonyl (C=O) groups excluding carboxylic acids is 2. The first-order valence-electron chi connectivity index (χ1n) is 9.21. The Morgan fingerprint density at radius 1 is 1.36 bits per heavy atom. The van der Waals surface area contributed by atoms with Crippen molar-refractivity contribution >= 4 is 11.6 Å². The van der Waals surface area contributed by atoms with Gasteiger partial charge in [-0.1, -0.05) is 36.8 Å². The Balaban J connectivity index is 1.82. The summed E-state index contributed by atoms with van der Waals surface area (Å²) in [6.07, 6.45) is 11.0. The SMILES string of the molecule is C=C1CC2C3CCC4=CC(=O)C=CC4(C)C3=CCC2(C)C1(O)C(C)=O. The Hall–Kier alpha value is -1.74. The molecule has 132 valence electrons. The van der Waals surface area contributed by atoms with Crippen LogP contribution >= 0.6 is 0 Å². The average molecular weight is 338 g/mol. The highest BCUT2D eigenvalue weighted by atomic mass is 16.3. The third kappa shape index (κ3) is 1.85. The quantitative estimate of drug-likeness (QED) is 0.742. The van der Waals surface area contributed by atoms with Crippen LogP contribution in [-0.2, 0) is 9.59 Å². The fourth-order valence-electron chi connectivity index (χ4n) is 6.14. The maximum Gasteiger partial charge on any atom is 0.178 e. The van der Waals surface area contributed by atoms with Gasteiger partial charge in [0.05, 0.1) is 0 Å². The van der Waals surface area contributed by atoms with E-state index in [9.17, 15) is 14.7 Å². The van der Waals surface area contributed by atoms with Crippen LogP contribution in [0, 0.1) is 22.7 Å². The smallest absolute Gasteiger partial charge is 0.178 e. The monoisotopic (exact) mass is 338 g/mol. The lowest BCUT2D eigenvalue weighted by atomic mass is 9.51. The maximum absolute atomic E-state index is 12.3. The van der Waals surface area contributed by atoms with Crippen LogP contribution in [-0.4, -0.2) is 22.3 Å². The maximum atomic E-state index is 12.3. The van der Waals surface area contributed by atoms with Crippen molar-refractivity contribution in [2.45, 2.75) is 52.1 Å². The summed E-state index contributed by atoms with van der Waals surface area (Å²) < 4.78 is 0. The number of aliphatic hydroxyl groups is 1. The molecule has 0 aliphatic heterocycles. The normalized spacial score (nSPS) is 45.3. The summed E-state index contributed by atoms with van der Waals surface area (Å²) in [5.74, 6) is 0.430. The number of Topliss-reactive ketones (excluding diaryl/α,β-unsaturated/α-hetero) is 1. The van der Waals surface area contributed by atoms with E-state index >= 15 is 0 Å². The molecule has 0 aromatic carbocycles. The van der Waals surface area contributed by atoms with E-state index in [0.717, 1.165) is 12.8 Å². The molecule has 0 aromatic rings. The lowest BCUT2D eigenvalue weighted by Gasteiger charge is -2.53. The van der Waals surface area contributed by atoms with Crippen molar-refractivity contribution in [1.82, 2.24) is 0 Å². The summed E-state index contributed by atoms with van der Waals surface area (Å²) >= 11 is 0. The molecular formula is C22H26O3. The summed E-state index contributed by atoms with van der Waals surface area (Å²) in [5.41, 5.74) is 1.12. The summed E-state index contributed by atoms with van der Waals surface area (Å²) in [5, 5.41) is 11.3. The van der Waals surface area contributed by atoms with Gasteiger partial charge in [-0.15, -0.1) is 0 Å². The molecule has 5 unspecified atom stereocenters. The molecule has 0 amide bonds. The van der Waals surface area contributed by atoms with Gasteiger partial charge < -0.3 is 5.11 Å². The summed E-state index contributed by atoms with van der Waals surface area (Å²) in [6.45, 7) is 9.81. The van der Waals surface area contributed by atoms with Crippen LogP contribution in [0.1, 0.15) is 46.5 Å². The first-order valence-corrected chi connectivity index (χ1v) is 9.21. The standard InChI is InChI=1S/C22H26O3/c1-13-11-19-17-6-5-15-12-16(24)7-9-20(15,3)18(17)8-10-21(19,4)22(13,25)14(2)23/h7-9,12,17,19,25H,1,5-6,10-11H2,2-4H3. The Labute approximate surface area is 149 Å². The third-order valence-electron chi connectivity index (χ3n) is 7.65. The van der Waals surface area contributed by atoms with E-state index in [0.29, 0.717) is 24.3 Å². The van der Waals surface area contributed by atoms with E-state index in [2.05, 4.69) is 26.5 Å². The van der Waals surface area contributed by atoms with Crippen LogP contribution in [0.15, 0.2) is 47.6 Å². The molecular weight excluding hydrogens is 312 g/mol. The largest absolute Gasteiger partial charge is 0.377 e. The molecule has 4 aliphatic carbocycles. The highest BCUT2D eigenvalue weighted by Gasteiger charge is 2.65. The van der Waals surface area contributed by atoms with Crippen molar-refractivity contribution in [1.29, 1.82) is 0 Å². The number of carbonyl (C=O) groups is 2. The average Bonchev–Trinajstić information content (AvgIpc) is 2.77. The van der Waals surface area contributed by atoms with Crippen LogP contribution in [0.4, 0.5) is 0 Å². The lowest BCUT2D eigenvalue weighted by molar-refractivity contribution is -0.144. The van der Waals surface area contributed by atoms with E-state index in [1.807, 2.05) is 6.08 Å². The van der Waals surface area contributed by atoms with Gasteiger partial charge in [0.2, 0.25) is 0 Å². The van der Waals surface area contributed by atoms with Gasteiger partial charge in [0.15, 0.2) is 11.6 Å². The van der Waals surface area contributed by atoms with Gasteiger partial charge in [-0.05, 0) is 69.1 Å². The summed E-state index contributed by atoms with van der Waals surface area (Å²) in [6, 6.07) is 0. The van der Waals surface area contributed by atoms with E-state index in [1.54, 1.807) is 12.2 Å². The molecule has 0 saturated heterocycles. The van der Waals surface area contributed by atoms with Gasteiger partial charge in [0.25, 0.3) is 0 Å². The molecule has 2 saturated carbocycles. The van der Waals surface area contributed by atoms with E-state index in [4.69, 9.17) is 0 Å². The molecule has 0 heterocycles. The van der Waals surface area contributed by atoms with Gasteiger partial charge in [0.1, 0.15) is 5.60 Å². The Kier molecular flexibility index (Phi) is 3.28. The fourth-order valence-corrected chi connectivity index (χ4v) is 6.14. The zero-order valence-corrected chi connectivity index (χ0v) is 15.3. The van der Waals surface area contributed by atoms with Gasteiger partial charge in [0, 0.05) is 10.8 Å². The van der Waals surface area contributed by atoms with Crippen molar-refractivity contribution in [3.8, 4) is 0 Å². The van der Waals surface area contributed by atoms with E-state index < -0.39 is 11.0 Å². The predicted octanol–water partition coefficient (Wildman–Crippen LogP) is 3.70. The molecule has 5 atom stereocenters. The first-order chi connectivity index (χ1) is 11.6. The minimum absolute atomic E-state index is 0.0763.